The molecule has 1 amide bonds. The molecular weight excluding hydrogens is 359 g/mol. The zero-order valence-electron chi connectivity index (χ0n) is 16.7. The van der Waals surface area contributed by atoms with Crippen molar-refractivity contribution >= 4 is 5.91 Å². The van der Waals surface area contributed by atoms with Gasteiger partial charge in [0.1, 0.15) is 17.7 Å². The van der Waals surface area contributed by atoms with E-state index >= 15 is 0 Å². The summed E-state index contributed by atoms with van der Waals surface area (Å²) in [5.41, 5.74) is 0.121. The lowest BCUT2D eigenvalue weighted by Crippen LogP contribution is -2.50. The Morgan fingerprint density at radius 1 is 1.14 bits per heavy atom. The van der Waals surface area contributed by atoms with Gasteiger partial charge in [0.15, 0.2) is 0 Å². The quantitative estimate of drug-likeness (QED) is 0.746. The van der Waals surface area contributed by atoms with Gasteiger partial charge in [-0.25, -0.2) is 4.39 Å². The van der Waals surface area contributed by atoms with Crippen LogP contribution in [0.15, 0.2) is 18.2 Å². The van der Waals surface area contributed by atoms with E-state index in [1.165, 1.54) is 38.4 Å². The topological polar surface area (TPSA) is 42.0 Å². The van der Waals surface area contributed by atoms with Gasteiger partial charge in [-0.05, 0) is 50.9 Å². The average Bonchev–Trinajstić information content (AvgIpc) is 3.13. The van der Waals surface area contributed by atoms with Crippen LogP contribution in [-0.4, -0.2) is 67.2 Å². The number of hydrogen-bond acceptors (Lipinski definition) is 4. The highest BCUT2D eigenvalue weighted by atomic mass is 19.1. The summed E-state index contributed by atoms with van der Waals surface area (Å²) < 4.78 is 25.8. The zero-order chi connectivity index (χ0) is 19.5. The van der Waals surface area contributed by atoms with E-state index < -0.39 is 5.82 Å². The number of amides is 1. The third-order valence-corrected chi connectivity index (χ3v) is 6.45. The minimum Gasteiger partial charge on any atom is -0.490 e. The summed E-state index contributed by atoms with van der Waals surface area (Å²) in [4.78, 5) is 17.1. The van der Waals surface area contributed by atoms with Gasteiger partial charge < -0.3 is 19.3 Å². The molecule has 3 fully saturated rings. The van der Waals surface area contributed by atoms with Crippen molar-refractivity contribution in [3.8, 4) is 5.75 Å². The fourth-order valence-corrected chi connectivity index (χ4v) is 4.77. The summed E-state index contributed by atoms with van der Waals surface area (Å²) in [5, 5.41) is 0. The lowest BCUT2D eigenvalue weighted by Gasteiger charge is -2.44. The average molecular weight is 390 g/mol. The maximum Gasteiger partial charge on any atom is 0.257 e. The Morgan fingerprint density at radius 3 is 2.64 bits per heavy atom. The van der Waals surface area contributed by atoms with Crippen molar-refractivity contribution in [2.45, 2.75) is 63.1 Å². The van der Waals surface area contributed by atoms with Gasteiger partial charge in [0, 0.05) is 38.6 Å². The van der Waals surface area contributed by atoms with Gasteiger partial charge in [-0.1, -0.05) is 6.42 Å². The molecule has 0 aromatic heterocycles. The van der Waals surface area contributed by atoms with Gasteiger partial charge in [-0.3, -0.25) is 4.79 Å². The standard InChI is InChI=1S/C22H31FN2O3/c1-27-15-16-6-5-11-25(16)22(26)20-8-7-18(14-21(20)23)28-19-12-17(13-19)24-9-3-2-4-10-24/h7-8,14,16-17,19H,2-6,9-13,15H2,1H3/t16?,17-,19-. The number of carbonyl (C=O) groups is 1. The van der Waals surface area contributed by atoms with Crippen LogP contribution in [0.5, 0.6) is 5.75 Å². The number of methoxy groups -OCH3 is 1. The predicted octanol–water partition coefficient (Wildman–Crippen LogP) is 3.47. The smallest absolute Gasteiger partial charge is 0.257 e. The Hall–Kier alpha value is -1.66. The number of carbonyl (C=O) groups excluding carboxylic acids is 1. The van der Waals surface area contributed by atoms with Gasteiger partial charge in [0.25, 0.3) is 5.91 Å². The molecule has 5 nitrogen and oxygen atoms in total. The van der Waals surface area contributed by atoms with Crippen LogP contribution in [0.3, 0.4) is 0 Å². The first kappa shape index (κ1) is 19.6. The lowest BCUT2D eigenvalue weighted by molar-refractivity contribution is 0.00878. The van der Waals surface area contributed by atoms with E-state index in [1.807, 2.05) is 0 Å². The molecule has 1 unspecified atom stereocenters. The van der Waals surface area contributed by atoms with Crippen LogP contribution in [0.1, 0.15) is 55.3 Å². The van der Waals surface area contributed by atoms with Gasteiger partial charge in [-0.15, -0.1) is 0 Å². The molecule has 0 N–H and O–H groups in total. The molecule has 1 aromatic rings. The van der Waals surface area contributed by atoms with Gasteiger partial charge in [-0.2, -0.15) is 0 Å². The van der Waals surface area contributed by atoms with E-state index in [0.29, 0.717) is 24.9 Å². The van der Waals surface area contributed by atoms with Crippen molar-refractivity contribution in [3.63, 3.8) is 0 Å². The van der Waals surface area contributed by atoms with Crippen LogP contribution in [0.4, 0.5) is 4.39 Å². The van der Waals surface area contributed by atoms with E-state index in [9.17, 15) is 9.18 Å². The molecule has 1 saturated carbocycles. The van der Waals surface area contributed by atoms with Crippen molar-refractivity contribution in [3.05, 3.63) is 29.6 Å². The van der Waals surface area contributed by atoms with Gasteiger partial charge in [0.05, 0.1) is 18.2 Å². The Bertz CT molecular complexity index is 686. The maximum absolute atomic E-state index is 14.6. The molecule has 1 aromatic carbocycles. The molecule has 6 heteroatoms. The Kier molecular flexibility index (Phi) is 6.16. The molecule has 28 heavy (non-hydrogen) atoms. The van der Waals surface area contributed by atoms with Crippen LogP contribution in [-0.2, 0) is 4.74 Å². The largest absolute Gasteiger partial charge is 0.490 e. The minimum absolute atomic E-state index is 0.0366. The van der Waals surface area contributed by atoms with Crippen molar-refractivity contribution in [1.82, 2.24) is 9.80 Å². The van der Waals surface area contributed by atoms with Crippen LogP contribution in [0.25, 0.3) is 0 Å². The number of piperidine rings is 1. The number of likely N-dealkylation sites (tertiary alicyclic amines) is 2. The zero-order valence-corrected chi connectivity index (χ0v) is 16.7. The summed E-state index contributed by atoms with van der Waals surface area (Å²) in [5.74, 6) is -0.235. The first-order valence-corrected chi connectivity index (χ1v) is 10.7. The molecule has 2 saturated heterocycles. The summed E-state index contributed by atoms with van der Waals surface area (Å²) in [6.45, 7) is 3.55. The van der Waals surface area contributed by atoms with Gasteiger partial charge >= 0.3 is 0 Å². The second-order valence-corrected chi connectivity index (χ2v) is 8.35. The maximum atomic E-state index is 14.6. The molecule has 0 spiro atoms. The number of benzene rings is 1. The second-order valence-electron chi connectivity index (χ2n) is 8.35. The fraction of sp³-hybridized carbons (Fsp3) is 0.682. The summed E-state index contributed by atoms with van der Waals surface area (Å²) in [6.07, 6.45) is 7.94. The van der Waals surface area contributed by atoms with Crippen molar-refractivity contribution in [2.24, 2.45) is 0 Å². The monoisotopic (exact) mass is 390 g/mol. The Labute approximate surface area is 166 Å². The molecule has 154 valence electrons. The number of ether oxygens (including phenoxy) is 2. The fourth-order valence-electron chi connectivity index (χ4n) is 4.77. The van der Waals surface area contributed by atoms with E-state index in [1.54, 1.807) is 24.1 Å². The first-order chi connectivity index (χ1) is 13.7. The summed E-state index contributed by atoms with van der Waals surface area (Å²) in [6, 6.07) is 5.31. The third-order valence-electron chi connectivity index (χ3n) is 6.45. The number of rotatable bonds is 6. The van der Waals surface area contributed by atoms with Crippen molar-refractivity contribution in [2.75, 3.05) is 33.4 Å². The molecule has 0 radical (unpaired) electrons. The highest BCUT2D eigenvalue weighted by molar-refractivity contribution is 5.95. The molecule has 4 rings (SSSR count). The molecule has 0 bridgehead atoms. The highest BCUT2D eigenvalue weighted by Crippen LogP contribution is 2.32. The Balaban J connectivity index is 1.33. The van der Waals surface area contributed by atoms with E-state index in [-0.39, 0.29) is 23.6 Å². The van der Waals surface area contributed by atoms with Crippen molar-refractivity contribution < 1.29 is 18.7 Å². The summed E-state index contributed by atoms with van der Waals surface area (Å²) >= 11 is 0. The van der Waals surface area contributed by atoms with Crippen LogP contribution >= 0.6 is 0 Å². The molecule has 1 aliphatic carbocycles. The number of nitrogens with zero attached hydrogens (tertiary/aromatic N) is 2. The lowest BCUT2D eigenvalue weighted by atomic mass is 9.86. The highest BCUT2D eigenvalue weighted by Gasteiger charge is 2.36. The minimum atomic E-state index is -0.502. The third kappa shape index (κ3) is 4.18. The molecule has 2 heterocycles. The van der Waals surface area contributed by atoms with Crippen LogP contribution < -0.4 is 4.74 Å². The molecule has 2 aliphatic heterocycles. The normalized spacial score (nSPS) is 28.2. The summed E-state index contributed by atoms with van der Waals surface area (Å²) in [7, 11) is 1.63. The van der Waals surface area contributed by atoms with Crippen LogP contribution in [0.2, 0.25) is 0 Å². The molecule has 1 atom stereocenters. The molecule has 3 aliphatic rings. The van der Waals surface area contributed by atoms with Crippen molar-refractivity contribution in [1.29, 1.82) is 0 Å². The molecular formula is C22H31FN2O3. The Morgan fingerprint density at radius 2 is 1.93 bits per heavy atom. The first-order valence-electron chi connectivity index (χ1n) is 10.7. The van der Waals surface area contributed by atoms with E-state index in [2.05, 4.69) is 4.90 Å². The van der Waals surface area contributed by atoms with E-state index in [0.717, 1.165) is 25.7 Å². The van der Waals surface area contributed by atoms with Crippen LogP contribution in [0, 0.1) is 5.82 Å². The second kappa shape index (κ2) is 8.78. The number of hydrogen-bond donors (Lipinski definition) is 0. The number of halogens is 1. The predicted molar refractivity (Wildman–Crippen MR) is 105 cm³/mol. The van der Waals surface area contributed by atoms with E-state index in [4.69, 9.17) is 9.47 Å². The van der Waals surface area contributed by atoms with Gasteiger partial charge in [0.2, 0.25) is 0 Å². The SMILES string of the molecule is COCC1CCCN1C(=O)c1ccc(O[C@H]2C[C@H](N3CCCCC3)C2)cc1F.